The first kappa shape index (κ1) is 14.8. The summed E-state index contributed by atoms with van der Waals surface area (Å²) < 4.78 is 5.02. The van der Waals surface area contributed by atoms with Crippen molar-refractivity contribution in [2.45, 2.75) is 55.6 Å². The lowest BCUT2D eigenvalue weighted by Gasteiger charge is -2.22. The summed E-state index contributed by atoms with van der Waals surface area (Å²) >= 11 is 1.82. The van der Waals surface area contributed by atoms with Gasteiger partial charge in [-0.25, -0.2) is 0 Å². The second-order valence-corrected chi connectivity index (χ2v) is 6.44. The highest BCUT2D eigenvalue weighted by Gasteiger charge is 2.43. The maximum atomic E-state index is 11.7. The third-order valence-corrected chi connectivity index (χ3v) is 4.63. The van der Waals surface area contributed by atoms with Gasteiger partial charge in [-0.3, -0.25) is 4.79 Å². The first-order chi connectivity index (χ1) is 8.01. The molecule has 1 aliphatic carbocycles. The molecule has 5 heteroatoms. The monoisotopic (exact) mass is 261 g/mol. The van der Waals surface area contributed by atoms with Gasteiger partial charge in [-0.15, -0.1) is 0 Å². The van der Waals surface area contributed by atoms with E-state index in [1.54, 1.807) is 6.92 Å². The Kier molecular flexibility index (Phi) is 5.76. The van der Waals surface area contributed by atoms with Crippen LogP contribution in [0.5, 0.6) is 0 Å². The summed E-state index contributed by atoms with van der Waals surface area (Å²) in [6.07, 6.45) is 3.13. The summed E-state index contributed by atoms with van der Waals surface area (Å²) in [5, 5.41) is 9.68. The van der Waals surface area contributed by atoms with Gasteiger partial charge in [-0.05, 0) is 32.6 Å². The van der Waals surface area contributed by atoms with E-state index >= 15 is 0 Å². The minimum Gasteiger partial charge on any atom is -0.465 e. The summed E-state index contributed by atoms with van der Waals surface area (Å²) in [4.78, 5) is 11.7. The van der Waals surface area contributed by atoms with Crippen molar-refractivity contribution in [3.8, 4) is 0 Å². The Balaban J connectivity index is 2.43. The number of rotatable bonds is 6. The van der Waals surface area contributed by atoms with Crippen molar-refractivity contribution in [3.05, 3.63) is 0 Å². The van der Waals surface area contributed by atoms with E-state index < -0.39 is 5.54 Å². The standard InChI is InChI=1S/C12H23NO3S/c1-3-16-11(15)12(13)6-4-10(8-12)17-9(2)5-7-14/h9-10,14H,3-8,13H2,1-2H3. The average molecular weight is 261 g/mol. The number of carbonyl (C=O) groups excluding carboxylic acids is 1. The molecule has 0 aromatic heterocycles. The highest BCUT2D eigenvalue weighted by molar-refractivity contribution is 8.00. The van der Waals surface area contributed by atoms with Crippen LogP contribution in [0.3, 0.4) is 0 Å². The van der Waals surface area contributed by atoms with Gasteiger partial charge >= 0.3 is 5.97 Å². The van der Waals surface area contributed by atoms with Gasteiger partial charge in [0.25, 0.3) is 0 Å². The van der Waals surface area contributed by atoms with E-state index in [4.69, 9.17) is 15.6 Å². The highest BCUT2D eigenvalue weighted by Crippen LogP contribution is 2.38. The lowest BCUT2D eigenvalue weighted by molar-refractivity contribution is -0.149. The summed E-state index contributed by atoms with van der Waals surface area (Å²) in [6.45, 7) is 4.50. The molecule has 0 aromatic rings. The predicted molar refractivity (Wildman–Crippen MR) is 69.9 cm³/mol. The topological polar surface area (TPSA) is 72.5 Å². The molecule has 17 heavy (non-hydrogen) atoms. The molecule has 1 aliphatic rings. The Labute approximate surface area is 107 Å². The number of carbonyl (C=O) groups is 1. The number of thioether (sulfide) groups is 1. The molecule has 0 amide bonds. The van der Waals surface area contributed by atoms with E-state index in [0.29, 0.717) is 29.9 Å². The summed E-state index contributed by atoms with van der Waals surface area (Å²) in [7, 11) is 0. The van der Waals surface area contributed by atoms with Gasteiger partial charge in [0.05, 0.1) is 6.61 Å². The number of hydrogen-bond acceptors (Lipinski definition) is 5. The van der Waals surface area contributed by atoms with Gasteiger partial charge in [0.15, 0.2) is 0 Å². The minimum absolute atomic E-state index is 0.215. The Morgan fingerprint density at radius 2 is 2.41 bits per heavy atom. The molecule has 0 heterocycles. The third-order valence-electron chi connectivity index (χ3n) is 3.15. The SMILES string of the molecule is CCOC(=O)C1(N)CCC(SC(C)CCO)C1. The smallest absolute Gasteiger partial charge is 0.326 e. The Hall–Kier alpha value is -0.260. The highest BCUT2D eigenvalue weighted by atomic mass is 32.2. The lowest BCUT2D eigenvalue weighted by atomic mass is 10.00. The maximum absolute atomic E-state index is 11.7. The second kappa shape index (κ2) is 6.61. The first-order valence-electron chi connectivity index (χ1n) is 6.24. The average Bonchev–Trinajstić information content (AvgIpc) is 2.62. The number of aliphatic hydroxyl groups excluding tert-OH is 1. The van der Waals surface area contributed by atoms with Crippen LogP contribution >= 0.6 is 11.8 Å². The van der Waals surface area contributed by atoms with Gasteiger partial charge < -0.3 is 15.6 Å². The van der Waals surface area contributed by atoms with E-state index in [0.717, 1.165) is 12.8 Å². The molecule has 1 fully saturated rings. The van der Waals surface area contributed by atoms with Crippen molar-refractivity contribution in [2.75, 3.05) is 13.2 Å². The largest absolute Gasteiger partial charge is 0.465 e. The minimum atomic E-state index is -0.785. The molecular weight excluding hydrogens is 238 g/mol. The van der Waals surface area contributed by atoms with E-state index in [1.165, 1.54) is 0 Å². The van der Waals surface area contributed by atoms with Crippen molar-refractivity contribution in [1.82, 2.24) is 0 Å². The Bertz CT molecular complexity index is 262. The van der Waals surface area contributed by atoms with Crippen LogP contribution in [0.2, 0.25) is 0 Å². The second-order valence-electron chi connectivity index (χ2n) is 4.70. The van der Waals surface area contributed by atoms with E-state index in [9.17, 15) is 4.79 Å². The van der Waals surface area contributed by atoms with Crippen molar-refractivity contribution in [1.29, 1.82) is 0 Å². The van der Waals surface area contributed by atoms with Gasteiger partial charge in [-0.1, -0.05) is 6.92 Å². The fourth-order valence-electron chi connectivity index (χ4n) is 2.18. The quantitative estimate of drug-likeness (QED) is 0.705. The van der Waals surface area contributed by atoms with Crippen LogP contribution in [-0.4, -0.2) is 40.3 Å². The number of nitrogens with two attached hydrogens (primary N) is 1. The summed E-state index contributed by atoms with van der Waals surface area (Å²) in [6, 6.07) is 0. The molecule has 3 atom stereocenters. The zero-order valence-electron chi connectivity index (χ0n) is 10.6. The predicted octanol–water partition coefficient (Wildman–Crippen LogP) is 1.30. The normalized spacial score (nSPS) is 30.2. The van der Waals surface area contributed by atoms with Crippen molar-refractivity contribution < 1.29 is 14.6 Å². The molecule has 3 N–H and O–H groups in total. The summed E-state index contributed by atoms with van der Waals surface area (Å²) in [5.41, 5.74) is 5.31. The van der Waals surface area contributed by atoms with E-state index in [2.05, 4.69) is 6.92 Å². The number of ether oxygens (including phenoxy) is 1. The van der Waals surface area contributed by atoms with Crippen molar-refractivity contribution in [3.63, 3.8) is 0 Å². The van der Waals surface area contributed by atoms with Crippen LogP contribution in [0.15, 0.2) is 0 Å². The van der Waals surface area contributed by atoms with Crippen LogP contribution in [0.1, 0.15) is 39.5 Å². The molecule has 100 valence electrons. The number of esters is 1. The first-order valence-corrected chi connectivity index (χ1v) is 7.18. The fourth-order valence-corrected chi connectivity index (χ4v) is 3.73. The molecule has 4 nitrogen and oxygen atoms in total. The number of aliphatic hydroxyl groups is 1. The Morgan fingerprint density at radius 1 is 1.71 bits per heavy atom. The van der Waals surface area contributed by atoms with Gasteiger partial charge in [0.1, 0.15) is 5.54 Å². The molecule has 0 bridgehead atoms. The molecule has 1 rings (SSSR count). The molecule has 0 aromatic carbocycles. The lowest BCUT2D eigenvalue weighted by Crippen LogP contribution is -2.47. The summed E-state index contributed by atoms with van der Waals surface area (Å²) in [5.74, 6) is -0.266. The Morgan fingerprint density at radius 3 is 3.00 bits per heavy atom. The zero-order chi connectivity index (χ0) is 12.9. The van der Waals surface area contributed by atoms with E-state index in [-0.39, 0.29) is 12.6 Å². The van der Waals surface area contributed by atoms with Crippen LogP contribution < -0.4 is 5.73 Å². The molecule has 0 spiro atoms. The molecule has 0 saturated heterocycles. The number of hydrogen-bond donors (Lipinski definition) is 2. The van der Waals surface area contributed by atoms with Crippen molar-refractivity contribution in [2.24, 2.45) is 5.73 Å². The van der Waals surface area contributed by atoms with Crippen LogP contribution in [-0.2, 0) is 9.53 Å². The van der Waals surface area contributed by atoms with Crippen LogP contribution in [0.4, 0.5) is 0 Å². The zero-order valence-corrected chi connectivity index (χ0v) is 11.5. The third kappa shape index (κ3) is 4.16. The van der Waals surface area contributed by atoms with Gasteiger partial charge in [0.2, 0.25) is 0 Å². The maximum Gasteiger partial charge on any atom is 0.326 e. The molecule has 3 unspecified atom stereocenters. The molecular formula is C12H23NO3S. The molecule has 0 radical (unpaired) electrons. The van der Waals surface area contributed by atoms with Gasteiger partial charge in [0, 0.05) is 17.1 Å². The van der Waals surface area contributed by atoms with Gasteiger partial charge in [-0.2, -0.15) is 11.8 Å². The van der Waals surface area contributed by atoms with Crippen LogP contribution in [0.25, 0.3) is 0 Å². The fraction of sp³-hybridized carbons (Fsp3) is 0.917. The molecule has 1 saturated carbocycles. The van der Waals surface area contributed by atoms with E-state index in [1.807, 2.05) is 11.8 Å². The van der Waals surface area contributed by atoms with Crippen molar-refractivity contribution >= 4 is 17.7 Å². The molecule has 0 aliphatic heterocycles. The van der Waals surface area contributed by atoms with Crippen LogP contribution in [0, 0.1) is 0 Å².